The molecule has 0 saturated carbocycles. The third-order valence-electron chi connectivity index (χ3n) is 3.08. The molecule has 0 bridgehead atoms. The number of hydrogen-bond donors (Lipinski definition) is 1. The largest absolute Gasteiger partial charge is 0.418 e. The Hall–Kier alpha value is -2.62. The molecular formula is C15H12F3N3O3S. The van der Waals surface area contributed by atoms with E-state index in [4.69, 9.17) is 0 Å². The van der Waals surface area contributed by atoms with E-state index in [1.54, 1.807) is 18.2 Å². The van der Waals surface area contributed by atoms with Crippen molar-refractivity contribution >= 4 is 29.0 Å². The number of benzene rings is 1. The molecule has 6 nitrogen and oxygen atoms in total. The summed E-state index contributed by atoms with van der Waals surface area (Å²) in [6.07, 6.45) is -3.31. The van der Waals surface area contributed by atoms with Crippen LogP contribution in [0.4, 0.5) is 24.5 Å². The molecular weight excluding hydrogens is 359 g/mol. The molecule has 0 aliphatic heterocycles. The normalized spacial score (nSPS) is 12.5. The highest BCUT2D eigenvalue weighted by Gasteiger charge is 2.36. The van der Waals surface area contributed by atoms with E-state index in [-0.39, 0.29) is 0 Å². The molecule has 0 radical (unpaired) electrons. The Morgan fingerprint density at radius 2 is 2.04 bits per heavy atom. The van der Waals surface area contributed by atoms with Crippen molar-refractivity contribution in [3.8, 4) is 0 Å². The Labute approximate surface area is 144 Å². The van der Waals surface area contributed by atoms with Crippen molar-refractivity contribution in [2.45, 2.75) is 23.4 Å². The Morgan fingerprint density at radius 1 is 1.32 bits per heavy atom. The quantitative estimate of drug-likeness (QED) is 0.485. The minimum absolute atomic E-state index is 0.395. The molecule has 1 heterocycles. The molecule has 1 N–H and O–H groups in total. The number of halogens is 3. The fourth-order valence-electron chi connectivity index (χ4n) is 1.88. The standard InChI is InChI=1S/C15H12F3N3O3S/c1-9(25-13-4-2-3-7-19-13)14(22)20-12-6-5-10(21(23)24)8-11(12)15(16,17)18/h2-9H,1H3,(H,20,22)/t9-/m1/s1. The number of rotatable bonds is 5. The minimum atomic E-state index is -4.84. The predicted octanol–water partition coefficient (Wildman–Crippen LogP) is 4.13. The van der Waals surface area contributed by atoms with Crippen LogP contribution in [0.1, 0.15) is 12.5 Å². The molecule has 1 aromatic carbocycles. The number of non-ortho nitro benzene ring substituents is 1. The van der Waals surface area contributed by atoms with Crippen LogP contribution in [0.5, 0.6) is 0 Å². The molecule has 1 aromatic heterocycles. The molecule has 1 amide bonds. The highest BCUT2D eigenvalue weighted by atomic mass is 32.2. The molecule has 0 unspecified atom stereocenters. The van der Waals surface area contributed by atoms with Crippen LogP contribution in [-0.4, -0.2) is 21.1 Å². The zero-order valence-electron chi connectivity index (χ0n) is 12.8. The molecule has 2 aromatic rings. The van der Waals surface area contributed by atoms with Gasteiger partial charge in [-0.2, -0.15) is 13.2 Å². The van der Waals surface area contributed by atoms with E-state index in [0.29, 0.717) is 11.1 Å². The van der Waals surface area contributed by atoms with Crippen LogP contribution in [0.2, 0.25) is 0 Å². The fourth-order valence-corrected chi connectivity index (χ4v) is 2.68. The highest BCUT2D eigenvalue weighted by molar-refractivity contribution is 8.00. The van der Waals surface area contributed by atoms with Crippen LogP contribution in [0, 0.1) is 10.1 Å². The summed E-state index contributed by atoms with van der Waals surface area (Å²) >= 11 is 1.08. The number of nitrogens with zero attached hydrogens (tertiary/aromatic N) is 2. The Morgan fingerprint density at radius 3 is 2.60 bits per heavy atom. The smallest absolute Gasteiger partial charge is 0.325 e. The average molecular weight is 371 g/mol. The van der Waals surface area contributed by atoms with Crippen LogP contribution in [0.15, 0.2) is 47.6 Å². The number of carbonyl (C=O) groups excluding carboxylic acids is 1. The first-order chi connectivity index (χ1) is 11.7. The van der Waals surface area contributed by atoms with Crippen LogP contribution in [0.3, 0.4) is 0 Å². The number of anilines is 1. The summed E-state index contributed by atoms with van der Waals surface area (Å²) in [5.74, 6) is -0.671. The van der Waals surface area contributed by atoms with Gasteiger partial charge >= 0.3 is 6.18 Å². The topological polar surface area (TPSA) is 85.1 Å². The number of aromatic nitrogens is 1. The van der Waals surface area contributed by atoms with Gasteiger partial charge in [-0.15, -0.1) is 0 Å². The first kappa shape index (κ1) is 18.7. The Kier molecular flexibility index (Phi) is 5.62. The second kappa shape index (κ2) is 7.51. The van der Waals surface area contributed by atoms with E-state index in [1.165, 1.54) is 13.1 Å². The Balaban J connectivity index is 2.21. The molecule has 1 atom stereocenters. The lowest BCUT2D eigenvalue weighted by Gasteiger charge is -2.16. The molecule has 0 saturated heterocycles. The van der Waals surface area contributed by atoms with Gasteiger partial charge in [0, 0.05) is 18.3 Å². The van der Waals surface area contributed by atoms with E-state index in [0.717, 1.165) is 23.9 Å². The fraction of sp³-hybridized carbons (Fsp3) is 0.200. The van der Waals surface area contributed by atoms with E-state index in [1.807, 2.05) is 0 Å². The summed E-state index contributed by atoms with van der Waals surface area (Å²) in [4.78, 5) is 25.9. The first-order valence-corrected chi connectivity index (χ1v) is 7.80. The third kappa shape index (κ3) is 4.92. The number of carbonyl (C=O) groups is 1. The predicted molar refractivity (Wildman–Crippen MR) is 86.3 cm³/mol. The zero-order valence-corrected chi connectivity index (χ0v) is 13.6. The molecule has 10 heteroatoms. The summed E-state index contributed by atoms with van der Waals surface area (Å²) in [6.45, 7) is 1.52. The number of amides is 1. The number of nitrogens with one attached hydrogen (secondary N) is 1. The number of hydrogen-bond acceptors (Lipinski definition) is 5. The summed E-state index contributed by atoms with van der Waals surface area (Å²) in [5, 5.41) is 12.7. The second-order valence-corrected chi connectivity index (χ2v) is 6.26. The van der Waals surface area contributed by atoms with Gasteiger partial charge in [-0.05, 0) is 25.1 Å². The molecule has 0 aliphatic rings. The molecule has 2 rings (SSSR count). The van der Waals surface area contributed by atoms with Crippen LogP contribution in [-0.2, 0) is 11.0 Å². The van der Waals surface area contributed by atoms with Gasteiger partial charge in [-0.25, -0.2) is 4.98 Å². The van der Waals surface area contributed by atoms with Gasteiger partial charge in [-0.3, -0.25) is 14.9 Å². The lowest BCUT2D eigenvalue weighted by molar-refractivity contribution is -0.385. The van der Waals surface area contributed by atoms with Crippen LogP contribution < -0.4 is 5.32 Å². The zero-order chi connectivity index (χ0) is 18.6. The molecule has 0 spiro atoms. The van der Waals surface area contributed by atoms with E-state index < -0.39 is 39.2 Å². The number of pyridine rings is 1. The minimum Gasteiger partial charge on any atom is -0.325 e. The molecule has 25 heavy (non-hydrogen) atoms. The maximum absolute atomic E-state index is 13.1. The van der Waals surface area contributed by atoms with Crippen molar-refractivity contribution in [3.05, 3.63) is 58.3 Å². The van der Waals surface area contributed by atoms with Gasteiger partial charge in [0.2, 0.25) is 5.91 Å². The molecule has 0 aliphatic carbocycles. The summed E-state index contributed by atoms with van der Waals surface area (Å²) in [6, 6.07) is 7.26. The van der Waals surface area contributed by atoms with Gasteiger partial charge < -0.3 is 5.32 Å². The summed E-state index contributed by atoms with van der Waals surface area (Å²) in [5.41, 5.74) is -2.51. The first-order valence-electron chi connectivity index (χ1n) is 6.92. The van der Waals surface area contributed by atoms with Crippen molar-refractivity contribution in [3.63, 3.8) is 0 Å². The van der Waals surface area contributed by atoms with E-state index >= 15 is 0 Å². The number of nitro groups is 1. The lowest BCUT2D eigenvalue weighted by Crippen LogP contribution is -2.24. The number of thioether (sulfide) groups is 1. The SMILES string of the molecule is C[C@@H](Sc1ccccn1)C(=O)Nc1ccc([N+](=O)[O-])cc1C(F)(F)F. The van der Waals surface area contributed by atoms with Crippen molar-refractivity contribution in [1.82, 2.24) is 4.98 Å². The van der Waals surface area contributed by atoms with Crippen LogP contribution >= 0.6 is 11.8 Å². The number of alkyl halides is 3. The van der Waals surface area contributed by atoms with Gasteiger partial charge in [0.1, 0.15) is 0 Å². The highest BCUT2D eigenvalue weighted by Crippen LogP contribution is 2.37. The van der Waals surface area contributed by atoms with E-state index in [2.05, 4.69) is 10.3 Å². The summed E-state index contributed by atoms with van der Waals surface area (Å²) in [7, 11) is 0. The average Bonchev–Trinajstić information content (AvgIpc) is 2.54. The lowest BCUT2D eigenvalue weighted by atomic mass is 10.1. The van der Waals surface area contributed by atoms with Gasteiger partial charge in [-0.1, -0.05) is 17.8 Å². The van der Waals surface area contributed by atoms with E-state index in [9.17, 15) is 28.1 Å². The van der Waals surface area contributed by atoms with Crippen molar-refractivity contribution in [1.29, 1.82) is 0 Å². The van der Waals surface area contributed by atoms with Crippen molar-refractivity contribution in [2.75, 3.05) is 5.32 Å². The molecule has 0 fully saturated rings. The third-order valence-corrected chi connectivity index (χ3v) is 4.13. The maximum Gasteiger partial charge on any atom is 0.418 e. The van der Waals surface area contributed by atoms with Gasteiger partial charge in [0.25, 0.3) is 5.69 Å². The number of nitro benzene ring substituents is 1. The van der Waals surface area contributed by atoms with Crippen LogP contribution in [0.25, 0.3) is 0 Å². The van der Waals surface area contributed by atoms with Crippen molar-refractivity contribution < 1.29 is 22.9 Å². The maximum atomic E-state index is 13.1. The molecule has 132 valence electrons. The van der Waals surface area contributed by atoms with Gasteiger partial charge in [0.05, 0.1) is 26.5 Å². The summed E-state index contributed by atoms with van der Waals surface area (Å²) < 4.78 is 39.3. The monoisotopic (exact) mass is 371 g/mol. The second-order valence-electron chi connectivity index (χ2n) is 4.90. The van der Waals surface area contributed by atoms with Gasteiger partial charge in [0.15, 0.2) is 0 Å². The van der Waals surface area contributed by atoms with Crippen molar-refractivity contribution in [2.24, 2.45) is 0 Å². The Bertz CT molecular complexity index is 785.